The maximum absolute atomic E-state index is 12.2. The SMILES string of the molecule is O=C(Nc1nc(-c2cccc([N+](=O)[O-])c2)cs1)[C@H](Cl)c1ccccc1. The Labute approximate surface area is 152 Å². The summed E-state index contributed by atoms with van der Waals surface area (Å²) in [5, 5.41) is 14.8. The molecule has 0 unspecified atom stereocenters. The number of hydrogen-bond acceptors (Lipinski definition) is 5. The van der Waals surface area contributed by atoms with Crippen LogP contribution in [0.15, 0.2) is 60.0 Å². The molecule has 0 spiro atoms. The molecule has 3 aromatic rings. The van der Waals surface area contributed by atoms with E-state index in [4.69, 9.17) is 11.6 Å². The van der Waals surface area contributed by atoms with E-state index < -0.39 is 10.3 Å². The summed E-state index contributed by atoms with van der Waals surface area (Å²) in [6.07, 6.45) is 0. The van der Waals surface area contributed by atoms with Gasteiger partial charge in [-0.25, -0.2) is 4.98 Å². The van der Waals surface area contributed by atoms with Gasteiger partial charge in [0.2, 0.25) is 5.91 Å². The zero-order valence-electron chi connectivity index (χ0n) is 12.8. The Hall–Kier alpha value is -2.77. The predicted molar refractivity (Wildman–Crippen MR) is 97.9 cm³/mol. The summed E-state index contributed by atoms with van der Waals surface area (Å²) in [6, 6.07) is 15.2. The van der Waals surface area contributed by atoms with Crippen molar-refractivity contribution in [2.75, 3.05) is 5.32 Å². The second kappa shape index (κ2) is 7.42. The number of halogens is 1. The van der Waals surface area contributed by atoms with Gasteiger partial charge < -0.3 is 5.32 Å². The second-order valence-corrected chi connectivity index (χ2v) is 6.40. The lowest BCUT2D eigenvalue weighted by Crippen LogP contribution is -2.17. The van der Waals surface area contributed by atoms with Crippen LogP contribution in [0, 0.1) is 10.1 Å². The number of rotatable bonds is 5. The first kappa shape index (κ1) is 17.1. The molecule has 2 aromatic carbocycles. The molecular formula is C17H12ClN3O3S. The fourth-order valence-electron chi connectivity index (χ4n) is 2.18. The zero-order valence-corrected chi connectivity index (χ0v) is 14.3. The van der Waals surface area contributed by atoms with E-state index >= 15 is 0 Å². The zero-order chi connectivity index (χ0) is 17.8. The smallest absolute Gasteiger partial charge is 0.270 e. The molecule has 25 heavy (non-hydrogen) atoms. The molecule has 8 heteroatoms. The molecule has 0 radical (unpaired) electrons. The third-order valence-electron chi connectivity index (χ3n) is 3.41. The largest absolute Gasteiger partial charge is 0.300 e. The van der Waals surface area contributed by atoms with Crippen molar-refractivity contribution in [2.45, 2.75) is 5.38 Å². The first-order valence-electron chi connectivity index (χ1n) is 7.25. The molecule has 1 heterocycles. The molecule has 0 aliphatic heterocycles. The highest BCUT2D eigenvalue weighted by Gasteiger charge is 2.19. The van der Waals surface area contributed by atoms with E-state index in [1.807, 2.05) is 18.2 Å². The quantitative estimate of drug-likeness (QED) is 0.401. The minimum Gasteiger partial charge on any atom is -0.300 e. The molecule has 126 valence electrons. The number of nitro benzene ring substituents is 1. The number of aromatic nitrogens is 1. The van der Waals surface area contributed by atoms with E-state index in [0.717, 1.165) is 0 Å². The van der Waals surface area contributed by atoms with Crippen LogP contribution in [0.1, 0.15) is 10.9 Å². The van der Waals surface area contributed by atoms with Crippen molar-refractivity contribution in [3.8, 4) is 11.3 Å². The molecule has 1 atom stereocenters. The van der Waals surface area contributed by atoms with E-state index in [-0.39, 0.29) is 11.6 Å². The minimum atomic E-state index is -0.827. The van der Waals surface area contributed by atoms with Gasteiger partial charge >= 0.3 is 0 Å². The van der Waals surface area contributed by atoms with Crippen LogP contribution in [-0.4, -0.2) is 15.8 Å². The molecule has 1 N–H and O–H groups in total. The third kappa shape index (κ3) is 4.01. The number of benzene rings is 2. The first-order valence-corrected chi connectivity index (χ1v) is 8.56. The molecular weight excluding hydrogens is 362 g/mol. The molecule has 0 aliphatic carbocycles. The highest BCUT2D eigenvalue weighted by atomic mass is 35.5. The van der Waals surface area contributed by atoms with Crippen molar-refractivity contribution in [1.82, 2.24) is 4.98 Å². The van der Waals surface area contributed by atoms with Crippen molar-refractivity contribution in [1.29, 1.82) is 0 Å². The number of amides is 1. The van der Waals surface area contributed by atoms with Crippen molar-refractivity contribution in [3.63, 3.8) is 0 Å². The third-order valence-corrected chi connectivity index (χ3v) is 4.62. The Balaban J connectivity index is 1.75. The van der Waals surface area contributed by atoms with Crippen molar-refractivity contribution in [3.05, 3.63) is 75.7 Å². The van der Waals surface area contributed by atoms with Gasteiger partial charge in [0.1, 0.15) is 5.38 Å². The predicted octanol–water partition coefficient (Wildman–Crippen LogP) is 4.64. The summed E-state index contributed by atoms with van der Waals surface area (Å²) < 4.78 is 0. The lowest BCUT2D eigenvalue weighted by molar-refractivity contribution is -0.384. The fourth-order valence-corrected chi connectivity index (χ4v) is 3.11. The summed E-state index contributed by atoms with van der Waals surface area (Å²) in [7, 11) is 0. The van der Waals surface area contributed by atoms with Crippen LogP contribution in [0.5, 0.6) is 0 Å². The molecule has 0 saturated heterocycles. The summed E-state index contributed by atoms with van der Waals surface area (Å²) in [4.78, 5) is 26.9. The number of anilines is 1. The molecule has 0 bridgehead atoms. The van der Waals surface area contributed by atoms with Gasteiger partial charge in [-0.05, 0) is 5.56 Å². The van der Waals surface area contributed by atoms with Crippen LogP contribution in [0.4, 0.5) is 10.8 Å². The van der Waals surface area contributed by atoms with E-state index in [1.54, 1.807) is 29.6 Å². The first-order chi connectivity index (χ1) is 12.0. The number of nitro groups is 1. The van der Waals surface area contributed by atoms with Crippen molar-refractivity contribution < 1.29 is 9.72 Å². The van der Waals surface area contributed by atoms with Crippen LogP contribution in [0.2, 0.25) is 0 Å². The average Bonchev–Trinajstić information content (AvgIpc) is 3.10. The summed E-state index contributed by atoms with van der Waals surface area (Å²) >= 11 is 7.40. The summed E-state index contributed by atoms with van der Waals surface area (Å²) in [6.45, 7) is 0. The Morgan fingerprint density at radius 3 is 2.68 bits per heavy atom. The molecule has 0 aliphatic rings. The maximum atomic E-state index is 12.2. The Bertz CT molecular complexity index is 914. The van der Waals surface area contributed by atoms with Gasteiger partial charge in [-0.15, -0.1) is 22.9 Å². The molecule has 1 amide bonds. The summed E-state index contributed by atoms with van der Waals surface area (Å²) in [5.74, 6) is -0.382. The number of thiazole rings is 1. The van der Waals surface area contributed by atoms with Gasteiger partial charge in [-0.2, -0.15) is 0 Å². The standard InChI is InChI=1S/C17H12ClN3O3S/c18-15(11-5-2-1-3-6-11)16(22)20-17-19-14(10-25-17)12-7-4-8-13(9-12)21(23)24/h1-10,15H,(H,19,20,22)/t15-/m1/s1. The lowest BCUT2D eigenvalue weighted by atomic mass is 10.1. The number of nitrogens with one attached hydrogen (secondary N) is 1. The van der Waals surface area contributed by atoms with Crippen LogP contribution in [0.25, 0.3) is 11.3 Å². The minimum absolute atomic E-state index is 0.0130. The van der Waals surface area contributed by atoms with E-state index in [9.17, 15) is 14.9 Å². The van der Waals surface area contributed by atoms with Gasteiger partial charge in [-0.3, -0.25) is 14.9 Å². The Morgan fingerprint density at radius 2 is 1.96 bits per heavy atom. The topological polar surface area (TPSA) is 85.1 Å². The Kier molecular flexibility index (Phi) is 5.06. The van der Waals surface area contributed by atoms with Gasteiger partial charge in [0.15, 0.2) is 5.13 Å². The molecule has 0 saturated carbocycles. The van der Waals surface area contributed by atoms with Crippen LogP contribution in [-0.2, 0) is 4.79 Å². The number of hydrogen-bond donors (Lipinski definition) is 1. The van der Waals surface area contributed by atoms with Crippen LogP contribution >= 0.6 is 22.9 Å². The number of carbonyl (C=O) groups is 1. The number of nitrogens with zero attached hydrogens (tertiary/aromatic N) is 2. The molecule has 1 aromatic heterocycles. The van der Waals surface area contributed by atoms with E-state index in [2.05, 4.69) is 10.3 Å². The number of non-ortho nitro benzene ring substituents is 1. The van der Waals surface area contributed by atoms with Crippen LogP contribution < -0.4 is 5.32 Å². The molecule has 3 rings (SSSR count). The van der Waals surface area contributed by atoms with Crippen molar-refractivity contribution >= 4 is 39.7 Å². The fraction of sp³-hybridized carbons (Fsp3) is 0.0588. The highest BCUT2D eigenvalue weighted by Crippen LogP contribution is 2.29. The van der Waals surface area contributed by atoms with E-state index in [1.165, 1.54) is 23.5 Å². The Morgan fingerprint density at radius 1 is 1.20 bits per heavy atom. The summed E-state index contributed by atoms with van der Waals surface area (Å²) in [5.41, 5.74) is 1.84. The van der Waals surface area contributed by atoms with Gasteiger partial charge in [-0.1, -0.05) is 42.5 Å². The number of carbonyl (C=O) groups excluding carboxylic acids is 1. The van der Waals surface area contributed by atoms with Gasteiger partial charge in [0.25, 0.3) is 5.69 Å². The maximum Gasteiger partial charge on any atom is 0.270 e. The van der Waals surface area contributed by atoms with Gasteiger partial charge in [0, 0.05) is 23.1 Å². The molecule has 0 fully saturated rings. The highest BCUT2D eigenvalue weighted by molar-refractivity contribution is 7.14. The van der Waals surface area contributed by atoms with Crippen LogP contribution in [0.3, 0.4) is 0 Å². The van der Waals surface area contributed by atoms with Gasteiger partial charge in [0.05, 0.1) is 10.6 Å². The normalized spacial score (nSPS) is 11.7. The van der Waals surface area contributed by atoms with E-state index in [0.29, 0.717) is 22.0 Å². The monoisotopic (exact) mass is 373 g/mol. The van der Waals surface area contributed by atoms with Crippen molar-refractivity contribution in [2.24, 2.45) is 0 Å². The molecule has 6 nitrogen and oxygen atoms in total. The number of alkyl halides is 1. The average molecular weight is 374 g/mol. The lowest BCUT2D eigenvalue weighted by Gasteiger charge is -2.08. The second-order valence-electron chi connectivity index (χ2n) is 5.11.